The van der Waals surface area contributed by atoms with Gasteiger partial charge in [-0.15, -0.1) is 0 Å². The molecule has 0 spiro atoms. The van der Waals surface area contributed by atoms with E-state index in [0.717, 1.165) is 0 Å². The minimum atomic E-state index is -0.832. The smallest absolute Gasteiger partial charge is 0.269 e. The quantitative estimate of drug-likeness (QED) is 0.770. The van der Waals surface area contributed by atoms with E-state index < -0.39 is 10.8 Å². The number of amides is 1. The maximum Gasteiger partial charge on any atom is 0.269 e. The topological polar surface area (TPSA) is 82.9 Å². The first kappa shape index (κ1) is 13.3. The fraction of sp³-hybridized carbons (Fsp3) is 0.364. The van der Waals surface area contributed by atoms with Crippen molar-refractivity contribution in [2.24, 2.45) is 0 Å². The second kappa shape index (κ2) is 6.76. The van der Waals surface area contributed by atoms with E-state index in [1.165, 1.54) is 12.3 Å². The van der Waals surface area contributed by atoms with Gasteiger partial charge in [-0.2, -0.15) is 5.26 Å². The van der Waals surface area contributed by atoms with Crippen molar-refractivity contribution in [1.29, 1.82) is 5.26 Å². The van der Waals surface area contributed by atoms with Gasteiger partial charge in [-0.3, -0.25) is 9.00 Å². The molecule has 90 valence electrons. The molecule has 5 nitrogen and oxygen atoms in total. The largest absolute Gasteiger partial charge is 0.351 e. The van der Waals surface area contributed by atoms with Crippen molar-refractivity contribution < 1.29 is 9.00 Å². The summed E-state index contributed by atoms with van der Waals surface area (Å²) in [6, 6.07) is 4.98. The predicted molar refractivity (Wildman–Crippen MR) is 64.8 cm³/mol. The number of nitriles is 1. The predicted octanol–water partition coefficient (Wildman–Crippen LogP) is 0.452. The van der Waals surface area contributed by atoms with E-state index in [0.29, 0.717) is 24.3 Å². The van der Waals surface area contributed by atoms with Gasteiger partial charge < -0.3 is 5.32 Å². The lowest BCUT2D eigenvalue weighted by atomic mass is 10.2. The molecule has 1 aromatic heterocycles. The highest BCUT2D eigenvalue weighted by Gasteiger charge is 2.05. The van der Waals surface area contributed by atoms with Gasteiger partial charge in [-0.1, -0.05) is 0 Å². The van der Waals surface area contributed by atoms with Crippen molar-refractivity contribution in [3.63, 3.8) is 0 Å². The summed E-state index contributed by atoms with van der Waals surface area (Å²) in [5.41, 5.74) is 0.699. The molecule has 0 bridgehead atoms. The van der Waals surface area contributed by atoms with Gasteiger partial charge in [0.15, 0.2) is 0 Å². The molecule has 1 amide bonds. The number of carbonyl (C=O) groups is 1. The first-order chi connectivity index (χ1) is 8.13. The lowest BCUT2D eigenvalue weighted by molar-refractivity contribution is 0.0949. The first-order valence-electron chi connectivity index (χ1n) is 5.08. The summed E-state index contributed by atoms with van der Waals surface area (Å²) in [5.74, 6) is 0.289. The molecule has 0 saturated carbocycles. The minimum absolute atomic E-state index is 0.279. The summed E-state index contributed by atoms with van der Waals surface area (Å²) in [6.07, 6.45) is 3.66. The van der Waals surface area contributed by atoms with Crippen LogP contribution in [0.1, 0.15) is 22.5 Å². The van der Waals surface area contributed by atoms with Crippen LogP contribution in [0.3, 0.4) is 0 Å². The van der Waals surface area contributed by atoms with Crippen LogP contribution in [0.15, 0.2) is 18.3 Å². The third kappa shape index (κ3) is 4.74. The lowest BCUT2D eigenvalue weighted by Gasteiger charge is -2.03. The summed E-state index contributed by atoms with van der Waals surface area (Å²) in [4.78, 5) is 15.4. The zero-order chi connectivity index (χ0) is 12.7. The SMILES string of the molecule is CS(=O)CCCNC(=O)c1ccc(C#N)cn1. The van der Waals surface area contributed by atoms with Crippen molar-refractivity contribution in [2.75, 3.05) is 18.6 Å². The Morgan fingerprint density at radius 3 is 2.88 bits per heavy atom. The maximum absolute atomic E-state index is 11.6. The molecule has 1 atom stereocenters. The van der Waals surface area contributed by atoms with Crippen LogP contribution < -0.4 is 5.32 Å². The zero-order valence-electron chi connectivity index (χ0n) is 9.47. The van der Waals surface area contributed by atoms with Crippen LogP contribution in [0.25, 0.3) is 0 Å². The molecule has 0 radical (unpaired) electrons. The van der Waals surface area contributed by atoms with Gasteiger partial charge >= 0.3 is 0 Å². The zero-order valence-corrected chi connectivity index (χ0v) is 10.3. The molecule has 0 saturated heterocycles. The average Bonchev–Trinajstić information content (AvgIpc) is 2.34. The molecular weight excluding hydrogens is 238 g/mol. The van der Waals surface area contributed by atoms with Crippen LogP contribution in [0.4, 0.5) is 0 Å². The summed E-state index contributed by atoms with van der Waals surface area (Å²) < 4.78 is 10.8. The van der Waals surface area contributed by atoms with Crippen LogP contribution in [-0.2, 0) is 10.8 Å². The van der Waals surface area contributed by atoms with E-state index in [9.17, 15) is 9.00 Å². The Kier molecular flexibility index (Phi) is 5.30. The van der Waals surface area contributed by atoms with Crippen molar-refractivity contribution in [3.05, 3.63) is 29.6 Å². The molecule has 0 aliphatic heterocycles. The Morgan fingerprint density at radius 1 is 1.59 bits per heavy atom. The lowest BCUT2D eigenvalue weighted by Crippen LogP contribution is -2.26. The second-order valence-electron chi connectivity index (χ2n) is 3.43. The van der Waals surface area contributed by atoms with Gasteiger partial charge in [-0.05, 0) is 18.6 Å². The van der Waals surface area contributed by atoms with Crippen LogP contribution in [0, 0.1) is 11.3 Å². The van der Waals surface area contributed by atoms with Gasteiger partial charge in [0.1, 0.15) is 11.8 Å². The van der Waals surface area contributed by atoms with Crippen LogP contribution in [0.2, 0.25) is 0 Å². The number of aromatic nitrogens is 1. The number of carbonyl (C=O) groups excluding carboxylic acids is 1. The second-order valence-corrected chi connectivity index (χ2v) is 4.99. The van der Waals surface area contributed by atoms with Crippen LogP contribution in [0.5, 0.6) is 0 Å². The standard InChI is InChI=1S/C11H13N3O2S/c1-17(16)6-2-5-13-11(15)10-4-3-9(7-12)8-14-10/h3-4,8H,2,5-6H2,1H3,(H,13,15). The Hall–Kier alpha value is -1.74. The first-order valence-corrected chi connectivity index (χ1v) is 6.80. The molecular formula is C11H13N3O2S. The summed E-state index contributed by atoms with van der Waals surface area (Å²) in [7, 11) is -0.832. The highest BCUT2D eigenvalue weighted by atomic mass is 32.2. The number of hydrogen-bond acceptors (Lipinski definition) is 4. The average molecular weight is 251 g/mol. The number of pyridine rings is 1. The van der Waals surface area contributed by atoms with Crippen molar-refractivity contribution in [1.82, 2.24) is 10.3 Å². The highest BCUT2D eigenvalue weighted by Crippen LogP contribution is 1.98. The number of hydrogen-bond donors (Lipinski definition) is 1. The molecule has 1 rings (SSSR count). The van der Waals surface area contributed by atoms with Gasteiger partial charge in [0.05, 0.1) is 5.56 Å². The Balaban J connectivity index is 2.42. The Bertz CT molecular complexity index is 451. The molecule has 17 heavy (non-hydrogen) atoms. The van der Waals surface area contributed by atoms with Crippen molar-refractivity contribution in [3.8, 4) is 6.07 Å². The fourth-order valence-corrected chi connectivity index (χ4v) is 1.71. The van der Waals surface area contributed by atoms with Crippen LogP contribution >= 0.6 is 0 Å². The molecule has 0 fully saturated rings. The summed E-state index contributed by atoms with van der Waals surface area (Å²) >= 11 is 0. The third-order valence-electron chi connectivity index (χ3n) is 2.02. The molecule has 1 unspecified atom stereocenters. The molecule has 1 heterocycles. The van der Waals surface area contributed by atoms with Gasteiger partial charge in [0, 0.05) is 35.5 Å². The molecule has 1 N–H and O–H groups in total. The van der Waals surface area contributed by atoms with E-state index in [1.54, 1.807) is 12.3 Å². The van der Waals surface area contributed by atoms with Crippen molar-refractivity contribution in [2.45, 2.75) is 6.42 Å². The van der Waals surface area contributed by atoms with Crippen molar-refractivity contribution >= 4 is 16.7 Å². The van der Waals surface area contributed by atoms with E-state index in [2.05, 4.69) is 10.3 Å². The van der Waals surface area contributed by atoms with Gasteiger partial charge in [-0.25, -0.2) is 4.98 Å². The van der Waals surface area contributed by atoms with E-state index in [1.807, 2.05) is 6.07 Å². The van der Waals surface area contributed by atoms with Gasteiger partial charge in [0.2, 0.25) is 0 Å². The fourth-order valence-electron chi connectivity index (χ4n) is 1.16. The monoisotopic (exact) mass is 251 g/mol. The molecule has 0 aliphatic carbocycles. The van der Waals surface area contributed by atoms with E-state index in [-0.39, 0.29) is 11.6 Å². The number of nitrogens with zero attached hydrogens (tertiary/aromatic N) is 2. The normalized spacial score (nSPS) is 11.5. The summed E-state index contributed by atoms with van der Waals surface area (Å²) in [5, 5.41) is 11.2. The third-order valence-corrected chi connectivity index (χ3v) is 2.88. The van der Waals surface area contributed by atoms with E-state index in [4.69, 9.17) is 5.26 Å². The number of nitrogens with one attached hydrogen (secondary N) is 1. The Labute approximate surface area is 102 Å². The maximum atomic E-state index is 11.6. The Morgan fingerprint density at radius 2 is 2.35 bits per heavy atom. The number of rotatable bonds is 5. The molecule has 0 aromatic carbocycles. The molecule has 0 aliphatic rings. The van der Waals surface area contributed by atoms with Gasteiger partial charge in [0.25, 0.3) is 5.91 Å². The minimum Gasteiger partial charge on any atom is -0.351 e. The summed E-state index contributed by atoms with van der Waals surface area (Å²) in [6.45, 7) is 0.472. The highest BCUT2D eigenvalue weighted by molar-refractivity contribution is 7.84. The van der Waals surface area contributed by atoms with Crippen LogP contribution in [-0.4, -0.2) is 33.7 Å². The molecule has 6 heteroatoms. The molecule has 1 aromatic rings. The van der Waals surface area contributed by atoms with E-state index >= 15 is 0 Å².